The van der Waals surface area contributed by atoms with Gasteiger partial charge in [-0.05, 0) is 55.3 Å². The molecule has 4 heterocycles. The van der Waals surface area contributed by atoms with Crippen molar-refractivity contribution in [3.05, 3.63) is 66.5 Å². The van der Waals surface area contributed by atoms with Gasteiger partial charge in [0.15, 0.2) is 11.5 Å². The molecule has 3 aromatic rings. The number of nitrogens with two attached hydrogens (primary N) is 1. The molecule has 0 saturated carbocycles. The molecule has 0 aliphatic carbocycles. The number of carbonyl (C=O) groups excluding carboxylic acids is 1. The third-order valence-corrected chi connectivity index (χ3v) is 6.32. The molecule has 2 atom stereocenters. The van der Waals surface area contributed by atoms with E-state index >= 15 is 0 Å². The van der Waals surface area contributed by atoms with E-state index in [2.05, 4.69) is 4.99 Å². The Balaban J connectivity index is 1.56. The number of rotatable bonds is 6. The van der Waals surface area contributed by atoms with Crippen LogP contribution in [0.2, 0.25) is 0 Å². The van der Waals surface area contributed by atoms with Crippen molar-refractivity contribution >= 4 is 11.9 Å². The molecular formula is C25H27N5O3. The van der Waals surface area contributed by atoms with Crippen LogP contribution in [0.5, 0.6) is 5.75 Å². The number of hydrogen-bond donors (Lipinski definition) is 1. The van der Waals surface area contributed by atoms with E-state index in [1.807, 2.05) is 65.5 Å². The molecule has 2 aliphatic rings. The van der Waals surface area contributed by atoms with Crippen LogP contribution in [0.15, 0.2) is 65.9 Å². The van der Waals surface area contributed by atoms with Gasteiger partial charge in [0.05, 0.1) is 5.69 Å². The quantitative estimate of drug-likeness (QED) is 0.589. The summed E-state index contributed by atoms with van der Waals surface area (Å²) in [5.74, 6) is 1.57. The molecule has 0 bridgehead atoms. The van der Waals surface area contributed by atoms with E-state index < -0.39 is 5.54 Å². The lowest BCUT2D eigenvalue weighted by Gasteiger charge is -2.37. The van der Waals surface area contributed by atoms with Gasteiger partial charge in [-0.2, -0.15) is 0 Å². The van der Waals surface area contributed by atoms with Gasteiger partial charge in [0.2, 0.25) is 0 Å². The highest BCUT2D eigenvalue weighted by molar-refractivity contribution is 6.07. The number of aromatic nitrogens is 2. The molecule has 0 unspecified atom stereocenters. The van der Waals surface area contributed by atoms with Crippen molar-refractivity contribution < 1.29 is 14.3 Å². The average Bonchev–Trinajstić information content (AvgIpc) is 3.44. The normalized spacial score (nSPS) is 21.8. The monoisotopic (exact) mass is 445 g/mol. The highest BCUT2D eigenvalue weighted by Crippen LogP contribution is 2.47. The number of carbonyl (C=O) groups is 1. The molecule has 1 aromatic carbocycles. The molecule has 5 rings (SSSR count). The van der Waals surface area contributed by atoms with Crippen LogP contribution >= 0.6 is 0 Å². The maximum atomic E-state index is 13.4. The standard InChI is InChI=1S/C25H27N5O3/c1-29-23(31)25(28-24(29)26)16-18(7-6-14-32-2)33-21-11-10-17(15-19(21)25)20-8-5-9-22(27-20)30-12-3-4-13-30/h3-5,8-13,15,18H,6-7,14,16H2,1-2H3,(H2,26,28)/t18-,25+/m1/s1. The van der Waals surface area contributed by atoms with Crippen LogP contribution in [0.4, 0.5) is 0 Å². The third kappa shape index (κ3) is 3.66. The van der Waals surface area contributed by atoms with E-state index in [9.17, 15) is 4.79 Å². The number of benzene rings is 1. The van der Waals surface area contributed by atoms with Gasteiger partial charge in [0.1, 0.15) is 17.7 Å². The van der Waals surface area contributed by atoms with Crippen LogP contribution in [0.1, 0.15) is 24.8 Å². The highest BCUT2D eigenvalue weighted by Gasteiger charge is 2.53. The molecule has 33 heavy (non-hydrogen) atoms. The summed E-state index contributed by atoms with van der Waals surface area (Å²) in [7, 11) is 3.34. The number of nitrogens with zero attached hydrogens (tertiary/aromatic N) is 4. The summed E-state index contributed by atoms with van der Waals surface area (Å²) in [6.45, 7) is 0.640. The second-order valence-corrected chi connectivity index (χ2v) is 8.46. The fourth-order valence-corrected chi connectivity index (χ4v) is 4.62. The van der Waals surface area contributed by atoms with Gasteiger partial charge in [-0.3, -0.25) is 9.69 Å². The van der Waals surface area contributed by atoms with Crippen molar-refractivity contribution in [2.45, 2.75) is 30.9 Å². The number of hydrogen-bond acceptors (Lipinski definition) is 6. The predicted octanol–water partition coefficient (Wildman–Crippen LogP) is 3.10. The second-order valence-electron chi connectivity index (χ2n) is 8.46. The first-order valence-electron chi connectivity index (χ1n) is 11.1. The fraction of sp³-hybridized carbons (Fsp3) is 0.320. The number of likely N-dealkylation sites (N-methyl/N-ethyl adjacent to an activating group) is 1. The number of pyridine rings is 1. The van der Waals surface area contributed by atoms with Crippen molar-refractivity contribution in [2.24, 2.45) is 10.7 Å². The Kier molecular flexibility index (Phi) is 5.38. The van der Waals surface area contributed by atoms with Gasteiger partial charge in [-0.25, -0.2) is 9.98 Å². The van der Waals surface area contributed by atoms with E-state index in [-0.39, 0.29) is 18.0 Å². The Morgan fingerprint density at radius 3 is 2.76 bits per heavy atom. The van der Waals surface area contributed by atoms with Crippen molar-refractivity contribution in [1.82, 2.24) is 14.5 Å². The summed E-state index contributed by atoms with van der Waals surface area (Å²) < 4.78 is 13.4. The number of fused-ring (bicyclic) bond motifs is 2. The second kappa shape index (κ2) is 8.37. The van der Waals surface area contributed by atoms with E-state index in [0.29, 0.717) is 18.8 Å². The molecule has 0 fully saturated rings. The smallest absolute Gasteiger partial charge is 0.261 e. The van der Waals surface area contributed by atoms with E-state index in [4.69, 9.17) is 20.2 Å². The highest BCUT2D eigenvalue weighted by atomic mass is 16.5. The van der Waals surface area contributed by atoms with Crippen molar-refractivity contribution in [1.29, 1.82) is 0 Å². The maximum Gasteiger partial charge on any atom is 0.261 e. The van der Waals surface area contributed by atoms with E-state index in [1.165, 1.54) is 4.90 Å². The summed E-state index contributed by atoms with van der Waals surface area (Å²) in [6, 6.07) is 15.7. The lowest BCUT2D eigenvalue weighted by Crippen LogP contribution is -2.45. The summed E-state index contributed by atoms with van der Waals surface area (Å²) in [5, 5.41) is 0. The summed E-state index contributed by atoms with van der Waals surface area (Å²) >= 11 is 0. The number of aliphatic imine (C=N–C) groups is 1. The Morgan fingerprint density at radius 2 is 2.03 bits per heavy atom. The Labute approximate surface area is 192 Å². The zero-order chi connectivity index (χ0) is 23.0. The van der Waals surface area contributed by atoms with Crippen LogP contribution in [-0.4, -0.2) is 53.2 Å². The maximum absolute atomic E-state index is 13.4. The first-order chi connectivity index (χ1) is 16.0. The molecular weight excluding hydrogens is 418 g/mol. The minimum Gasteiger partial charge on any atom is -0.490 e. The average molecular weight is 446 g/mol. The minimum absolute atomic E-state index is 0.132. The Hall–Kier alpha value is -3.65. The van der Waals surface area contributed by atoms with Gasteiger partial charge < -0.3 is 19.8 Å². The van der Waals surface area contributed by atoms with Gasteiger partial charge in [0.25, 0.3) is 5.91 Å². The molecule has 0 radical (unpaired) electrons. The van der Waals surface area contributed by atoms with E-state index in [1.54, 1.807) is 14.2 Å². The molecule has 1 spiro atoms. The molecule has 2 N–H and O–H groups in total. The molecule has 1 amide bonds. The molecule has 8 heteroatoms. The van der Waals surface area contributed by atoms with E-state index in [0.717, 1.165) is 35.5 Å². The van der Waals surface area contributed by atoms with Crippen LogP contribution in [0.3, 0.4) is 0 Å². The lowest BCUT2D eigenvalue weighted by molar-refractivity contribution is -0.132. The van der Waals surface area contributed by atoms with Gasteiger partial charge in [0, 0.05) is 50.7 Å². The number of methoxy groups -OCH3 is 1. The van der Waals surface area contributed by atoms with Gasteiger partial charge in [-0.1, -0.05) is 6.07 Å². The van der Waals surface area contributed by atoms with Gasteiger partial charge in [-0.15, -0.1) is 0 Å². The zero-order valence-corrected chi connectivity index (χ0v) is 18.8. The topological polar surface area (TPSA) is 95.0 Å². The van der Waals surface area contributed by atoms with Gasteiger partial charge >= 0.3 is 0 Å². The molecule has 170 valence electrons. The Bertz CT molecular complexity index is 1210. The summed E-state index contributed by atoms with van der Waals surface area (Å²) in [5.41, 5.74) is 7.44. The lowest BCUT2D eigenvalue weighted by atomic mass is 9.80. The number of ether oxygens (including phenoxy) is 2. The third-order valence-electron chi connectivity index (χ3n) is 6.32. The number of guanidine groups is 1. The molecule has 0 saturated heterocycles. The first-order valence-corrected chi connectivity index (χ1v) is 11.1. The predicted molar refractivity (Wildman–Crippen MR) is 125 cm³/mol. The summed E-state index contributed by atoms with van der Waals surface area (Å²) in [4.78, 5) is 24.4. The first kappa shape index (κ1) is 21.2. The molecule has 8 nitrogen and oxygen atoms in total. The Morgan fingerprint density at radius 1 is 1.21 bits per heavy atom. The van der Waals surface area contributed by atoms with Crippen LogP contribution in [-0.2, 0) is 15.1 Å². The van der Waals surface area contributed by atoms with Crippen molar-refractivity contribution in [3.63, 3.8) is 0 Å². The molecule has 2 aliphatic heterocycles. The number of amides is 1. The zero-order valence-electron chi connectivity index (χ0n) is 18.8. The van der Waals surface area contributed by atoms with Crippen LogP contribution in [0.25, 0.3) is 17.1 Å². The SMILES string of the molecule is COCCC[C@@H]1C[C@]2(N=C(N)N(C)C2=O)c2cc(-c3cccc(-n4cccc4)n3)ccc2O1. The minimum atomic E-state index is -1.09. The van der Waals surface area contributed by atoms with Crippen molar-refractivity contribution in [2.75, 3.05) is 20.8 Å². The van der Waals surface area contributed by atoms with Crippen LogP contribution < -0.4 is 10.5 Å². The van der Waals surface area contributed by atoms with Crippen LogP contribution in [0, 0.1) is 0 Å². The fourth-order valence-electron chi connectivity index (χ4n) is 4.62. The largest absolute Gasteiger partial charge is 0.490 e. The molecule has 2 aromatic heterocycles. The summed E-state index contributed by atoms with van der Waals surface area (Å²) in [6.07, 6.45) is 5.80. The van der Waals surface area contributed by atoms with Crippen molar-refractivity contribution in [3.8, 4) is 22.8 Å².